The second-order valence-corrected chi connectivity index (χ2v) is 5.25. The lowest BCUT2D eigenvalue weighted by Crippen LogP contribution is -2.19. The molecule has 80 valence electrons. The SMILES string of the molecule is CC1(C)Cc2c(Br)cc(F)c(F)c2C1=O. The average molecular weight is 275 g/mol. The molecule has 0 atom stereocenters. The molecular weight excluding hydrogens is 266 g/mol. The largest absolute Gasteiger partial charge is 0.293 e. The molecule has 0 aliphatic heterocycles. The van der Waals surface area contributed by atoms with Crippen LogP contribution in [-0.2, 0) is 6.42 Å². The van der Waals surface area contributed by atoms with Crippen molar-refractivity contribution in [1.82, 2.24) is 0 Å². The van der Waals surface area contributed by atoms with Crippen molar-refractivity contribution in [3.05, 3.63) is 33.3 Å². The van der Waals surface area contributed by atoms with Gasteiger partial charge in [0.05, 0.1) is 5.56 Å². The molecule has 1 aliphatic rings. The second-order valence-electron chi connectivity index (χ2n) is 4.40. The van der Waals surface area contributed by atoms with Crippen molar-refractivity contribution in [1.29, 1.82) is 0 Å². The number of Topliss-reactive ketones (excluding diaryl/α,β-unsaturated/α-hetero) is 1. The van der Waals surface area contributed by atoms with Crippen LogP contribution in [0.2, 0.25) is 0 Å². The third kappa shape index (κ3) is 1.42. The quantitative estimate of drug-likeness (QED) is 0.662. The van der Waals surface area contributed by atoms with Crippen molar-refractivity contribution in [3.63, 3.8) is 0 Å². The van der Waals surface area contributed by atoms with Crippen LogP contribution in [0.25, 0.3) is 0 Å². The van der Waals surface area contributed by atoms with Gasteiger partial charge in [0.15, 0.2) is 17.4 Å². The van der Waals surface area contributed by atoms with E-state index < -0.39 is 17.0 Å². The zero-order valence-electron chi connectivity index (χ0n) is 8.33. The molecule has 1 aromatic carbocycles. The molecule has 0 aromatic heterocycles. The Bertz CT molecular complexity index is 466. The number of halogens is 3. The van der Waals surface area contributed by atoms with E-state index in [0.29, 0.717) is 16.5 Å². The molecule has 0 unspecified atom stereocenters. The molecule has 1 aromatic rings. The summed E-state index contributed by atoms with van der Waals surface area (Å²) in [5, 5.41) is 0. The molecule has 1 aliphatic carbocycles. The maximum atomic E-state index is 13.5. The van der Waals surface area contributed by atoms with Gasteiger partial charge in [-0.15, -0.1) is 0 Å². The molecule has 0 bridgehead atoms. The smallest absolute Gasteiger partial charge is 0.172 e. The average Bonchev–Trinajstić information content (AvgIpc) is 2.36. The Morgan fingerprint density at radius 1 is 1.40 bits per heavy atom. The van der Waals surface area contributed by atoms with E-state index in [1.54, 1.807) is 13.8 Å². The van der Waals surface area contributed by atoms with Crippen molar-refractivity contribution in [2.45, 2.75) is 20.3 Å². The molecule has 0 N–H and O–H groups in total. The van der Waals surface area contributed by atoms with Crippen LogP contribution >= 0.6 is 15.9 Å². The molecular formula is C11H9BrF2O. The van der Waals surface area contributed by atoms with Gasteiger partial charge < -0.3 is 0 Å². The zero-order chi connectivity index (χ0) is 11.4. The Kier molecular flexibility index (Phi) is 2.23. The second kappa shape index (κ2) is 3.11. The maximum absolute atomic E-state index is 13.5. The van der Waals surface area contributed by atoms with Gasteiger partial charge in [0, 0.05) is 9.89 Å². The Morgan fingerprint density at radius 3 is 2.60 bits per heavy atom. The van der Waals surface area contributed by atoms with Gasteiger partial charge >= 0.3 is 0 Å². The molecule has 1 nitrogen and oxygen atoms in total. The minimum Gasteiger partial charge on any atom is -0.293 e. The molecule has 0 saturated carbocycles. The fourth-order valence-corrected chi connectivity index (χ4v) is 2.44. The standard InChI is InChI=1S/C11H9BrF2O/c1-11(2)4-5-6(12)3-7(13)9(14)8(5)10(11)15/h3H,4H2,1-2H3. The first-order chi connectivity index (χ1) is 6.84. The van der Waals surface area contributed by atoms with Crippen LogP contribution in [0.1, 0.15) is 29.8 Å². The first kappa shape index (κ1) is 10.7. The first-order valence-corrected chi connectivity index (χ1v) is 5.35. The summed E-state index contributed by atoms with van der Waals surface area (Å²) in [5.74, 6) is -2.33. The van der Waals surface area contributed by atoms with E-state index >= 15 is 0 Å². The van der Waals surface area contributed by atoms with Gasteiger partial charge in [-0.1, -0.05) is 29.8 Å². The third-order valence-corrected chi connectivity index (χ3v) is 3.44. The van der Waals surface area contributed by atoms with Crippen molar-refractivity contribution in [3.8, 4) is 0 Å². The summed E-state index contributed by atoms with van der Waals surface area (Å²) >= 11 is 3.15. The summed E-state index contributed by atoms with van der Waals surface area (Å²) in [7, 11) is 0. The summed E-state index contributed by atoms with van der Waals surface area (Å²) in [4.78, 5) is 11.8. The van der Waals surface area contributed by atoms with Crippen LogP contribution in [0.4, 0.5) is 8.78 Å². The fourth-order valence-electron chi connectivity index (χ4n) is 1.90. The van der Waals surface area contributed by atoms with Gasteiger partial charge in [0.2, 0.25) is 0 Å². The molecule has 0 spiro atoms. The third-order valence-electron chi connectivity index (χ3n) is 2.73. The van der Waals surface area contributed by atoms with E-state index in [1.165, 1.54) is 0 Å². The van der Waals surface area contributed by atoms with Crippen LogP contribution in [0.5, 0.6) is 0 Å². The Balaban J connectivity index is 2.75. The summed E-state index contributed by atoms with van der Waals surface area (Å²) in [6, 6.07) is 1.07. The normalized spacial score (nSPS) is 18.1. The van der Waals surface area contributed by atoms with Gasteiger partial charge in [-0.05, 0) is 18.1 Å². The number of carbonyl (C=O) groups is 1. The molecule has 0 radical (unpaired) electrons. The zero-order valence-corrected chi connectivity index (χ0v) is 9.91. The lowest BCUT2D eigenvalue weighted by Gasteiger charge is -2.13. The molecule has 15 heavy (non-hydrogen) atoms. The van der Waals surface area contributed by atoms with Crippen LogP contribution < -0.4 is 0 Å². The van der Waals surface area contributed by atoms with Crippen molar-refractivity contribution in [2.75, 3.05) is 0 Å². The molecule has 0 amide bonds. The van der Waals surface area contributed by atoms with Gasteiger partial charge in [-0.3, -0.25) is 4.79 Å². The van der Waals surface area contributed by atoms with E-state index in [2.05, 4.69) is 15.9 Å². The molecule has 0 fully saturated rings. The molecule has 0 saturated heterocycles. The monoisotopic (exact) mass is 274 g/mol. The summed E-state index contributed by atoms with van der Waals surface area (Å²) < 4.78 is 27.0. The van der Waals surface area contributed by atoms with Gasteiger partial charge in [0.25, 0.3) is 0 Å². The van der Waals surface area contributed by atoms with Crippen LogP contribution in [0.3, 0.4) is 0 Å². The predicted molar refractivity (Wildman–Crippen MR) is 55.9 cm³/mol. The Labute approximate surface area is 94.6 Å². The highest BCUT2D eigenvalue weighted by molar-refractivity contribution is 9.10. The van der Waals surface area contributed by atoms with Crippen molar-refractivity contribution in [2.24, 2.45) is 5.41 Å². The number of carbonyl (C=O) groups excluding carboxylic acids is 1. The fraction of sp³-hybridized carbons (Fsp3) is 0.364. The minimum absolute atomic E-state index is 0.0909. The van der Waals surface area contributed by atoms with Gasteiger partial charge in [0.1, 0.15) is 0 Å². The van der Waals surface area contributed by atoms with Gasteiger partial charge in [-0.25, -0.2) is 8.78 Å². The molecule has 0 heterocycles. The number of hydrogen-bond donors (Lipinski definition) is 0. The lowest BCUT2D eigenvalue weighted by molar-refractivity contribution is 0.0859. The van der Waals surface area contributed by atoms with E-state index in [0.717, 1.165) is 6.07 Å². The van der Waals surface area contributed by atoms with E-state index in [1.807, 2.05) is 0 Å². The van der Waals surface area contributed by atoms with Crippen molar-refractivity contribution < 1.29 is 13.6 Å². The van der Waals surface area contributed by atoms with Crippen LogP contribution in [-0.4, -0.2) is 5.78 Å². The van der Waals surface area contributed by atoms with Crippen molar-refractivity contribution >= 4 is 21.7 Å². The summed E-state index contributed by atoms with van der Waals surface area (Å²) in [6.07, 6.45) is 0.443. The molecule has 2 rings (SSSR count). The number of benzene rings is 1. The highest BCUT2D eigenvalue weighted by atomic mass is 79.9. The maximum Gasteiger partial charge on any atom is 0.172 e. The summed E-state index contributed by atoms with van der Waals surface area (Å²) in [5.41, 5.74) is -0.157. The summed E-state index contributed by atoms with van der Waals surface area (Å²) in [6.45, 7) is 3.47. The number of hydrogen-bond acceptors (Lipinski definition) is 1. The Morgan fingerprint density at radius 2 is 2.00 bits per heavy atom. The minimum atomic E-state index is -1.02. The Hall–Kier alpha value is -0.770. The topological polar surface area (TPSA) is 17.1 Å². The highest BCUT2D eigenvalue weighted by Crippen LogP contribution is 2.41. The van der Waals surface area contributed by atoms with E-state index in [9.17, 15) is 13.6 Å². The van der Waals surface area contributed by atoms with Crippen LogP contribution in [0.15, 0.2) is 10.5 Å². The first-order valence-electron chi connectivity index (χ1n) is 4.56. The predicted octanol–water partition coefficient (Wildman–Crippen LogP) is 3.49. The van der Waals surface area contributed by atoms with Crippen LogP contribution in [0, 0.1) is 17.0 Å². The number of rotatable bonds is 0. The number of fused-ring (bicyclic) bond motifs is 1. The van der Waals surface area contributed by atoms with E-state index in [4.69, 9.17) is 0 Å². The van der Waals surface area contributed by atoms with Gasteiger partial charge in [-0.2, -0.15) is 0 Å². The molecule has 4 heteroatoms. The highest BCUT2D eigenvalue weighted by Gasteiger charge is 2.41. The van der Waals surface area contributed by atoms with E-state index in [-0.39, 0.29) is 11.3 Å². The number of ketones is 1. The lowest BCUT2D eigenvalue weighted by atomic mass is 9.89.